The number of aliphatic hydroxyl groups is 1. The van der Waals surface area contributed by atoms with E-state index in [0.29, 0.717) is 26.2 Å². The maximum Gasteiger partial charge on any atom is 0.227 e. The molecule has 2 fully saturated rings. The molecular weight excluding hydrogens is 476 g/mol. The molecule has 3 N–H and O–H groups in total. The largest absolute Gasteiger partial charge is 0.496 e. The van der Waals surface area contributed by atoms with E-state index in [9.17, 15) is 14.7 Å². The van der Waals surface area contributed by atoms with Gasteiger partial charge in [0.05, 0.1) is 26.2 Å². The fourth-order valence-electron chi connectivity index (χ4n) is 5.49. The van der Waals surface area contributed by atoms with Gasteiger partial charge in [0.1, 0.15) is 23.7 Å². The topological polar surface area (TPSA) is 115 Å². The Bertz CT molecular complexity index is 1120. The Kier molecular flexibility index (Phi) is 7.93. The third kappa shape index (κ3) is 5.74. The molecular formula is C28H34N2O7. The van der Waals surface area contributed by atoms with Gasteiger partial charge < -0.3 is 34.7 Å². The second-order valence-corrected chi connectivity index (χ2v) is 9.82. The third-order valence-electron chi connectivity index (χ3n) is 7.44. The summed E-state index contributed by atoms with van der Waals surface area (Å²) in [5, 5.41) is 16.0. The van der Waals surface area contributed by atoms with Crippen LogP contribution in [0.5, 0.6) is 11.5 Å². The summed E-state index contributed by atoms with van der Waals surface area (Å²) in [5.74, 6) is 1.22. The molecule has 5 rings (SSSR count). The summed E-state index contributed by atoms with van der Waals surface area (Å²) in [6, 6.07) is 13.2. The van der Waals surface area contributed by atoms with Gasteiger partial charge in [-0.2, -0.15) is 0 Å². The zero-order valence-corrected chi connectivity index (χ0v) is 21.0. The first-order chi connectivity index (χ1) is 18.1. The van der Waals surface area contributed by atoms with Crippen LogP contribution in [0.25, 0.3) is 0 Å². The molecule has 0 aliphatic carbocycles. The van der Waals surface area contributed by atoms with Crippen LogP contribution >= 0.6 is 0 Å². The number of aliphatic hydroxyl groups excluding tert-OH is 1. The number of methoxy groups -OCH3 is 1. The lowest BCUT2D eigenvalue weighted by molar-refractivity contribution is -0.142. The van der Waals surface area contributed by atoms with E-state index in [4.69, 9.17) is 18.9 Å². The van der Waals surface area contributed by atoms with Crippen LogP contribution in [0.15, 0.2) is 42.5 Å². The van der Waals surface area contributed by atoms with Crippen molar-refractivity contribution < 1.29 is 33.6 Å². The molecule has 0 aromatic heterocycles. The molecule has 2 amide bonds. The number of amides is 2. The van der Waals surface area contributed by atoms with Crippen molar-refractivity contribution in [1.29, 1.82) is 0 Å². The van der Waals surface area contributed by atoms with Gasteiger partial charge in [-0.3, -0.25) is 9.59 Å². The Balaban J connectivity index is 1.23. The number of rotatable bonds is 8. The Morgan fingerprint density at radius 3 is 2.73 bits per heavy atom. The normalized spacial score (nSPS) is 24.9. The number of carbonyl (C=O) groups excluding carboxylic acids is 2. The summed E-state index contributed by atoms with van der Waals surface area (Å²) in [5.41, 5.74) is 2.58. The van der Waals surface area contributed by atoms with Crippen LogP contribution < -0.4 is 20.1 Å². The SMILES string of the molecule is COc1ccccc1CNC(=O)C[C@H]1C[C@H]2c3cc(NC(=O)C4CCOCC4)ccc3O[C@H]2[C@H](CO)O1. The summed E-state index contributed by atoms with van der Waals surface area (Å²) in [6.07, 6.45) is 0.943. The molecule has 0 unspecified atom stereocenters. The fourth-order valence-corrected chi connectivity index (χ4v) is 5.49. The molecule has 3 heterocycles. The second-order valence-electron chi connectivity index (χ2n) is 9.82. The molecule has 0 saturated carbocycles. The first-order valence-electron chi connectivity index (χ1n) is 12.9. The number of carbonyl (C=O) groups is 2. The summed E-state index contributed by atoms with van der Waals surface area (Å²) in [4.78, 5) is 25.5. The van der Waals surface area contributed by atoms with Crippen molar-refractivity contribution in [2.45, 2.75) is 56.5 Å². The van der Waals surface area contributed by atoms with Crippen LogP contribution in [-0.4, -0.2) is 62.2 Å². The second kappa shape index (κ2) is 11.5. The van der Waals surface area contributed by atoms with Crippen LogP contribution in [0.2, 0.25) is 0 Å². The number of benzene rings is 2. The minimum atomic E-state index is -0.543. The zero-order chi connectivity index (χ0) is 25.8. The Hall–Kier alpha value is -3.14. The molecule has 0 spiro atoms. The molecule has 3 aliphatic rings. The number of nitrogens with one attached hydrogen (secondary N) is 2. The van der Waals surface area contributed by atoms with Crippen LogP contribution in [-0.2, 0) is 25.6 Å². The summed E-state index contributed by atoms with van der Waals surface area (Å²) >= 11 is 0. The van der Waals surface area contributed by atoms with Gasteiger partial charge >= 0.3 is 0 Å². The van der Waals surface area contributed by atoms with E-state index < -0.39 is 6.10 Å². The van der Waals surface area contributed by atoms with Gasteiger partial charge in [-0.25, -0.2) is 0 Å². The average molecular weight is 511 g/mol. The maximum absolute atomic E-state index is 12.8. The quantitative estimate of drug-likeness (QED) is 0.500. The van der Waals surface area contributed by atoms with Gasteiger partial charge in [-0.1, -0.05) is 18.2 Å². The first-order valence-corrected chi connectivity index (χ1v) is 12.9. The average Bonchev–Trinajstić information content (AvgIpc) is 3.30. The highest BCUT2D eigenvalue weighted by Crippen LogP contribution is 2.47. The molecule has 9 nitrogen and oxygen atoms in total. The number of fused-ring (bicyclic) bond motifs is 3. The lowest BCUT2D eigenvalue weighted by Gasteiger charge is -2.37. The first kappa shape index (κ1) is 25.5. The van der Waals surface area contributed by atoms with Crippen molar-refractivity contribution in [3.63, 3.8) is 0 Å². The highest BCUT2D eigenvalue weighted by molar-refractivity contribution is 5.92. The molecule has 9 heteroatoms. The van der Waals surface area contributed by atoms with Gasteiger partial charge in [0, 0.05) is 48.4 Å². The molecule has 0 bridgehead atoms. The van der Waals surface area contributed by atoms with Gasteiger partial charge in [0.15, 0.2) is 0 Å². The Labute approximate surface area is 216 Å². The smallest absolute Gasteiger partial charge is 0.227 e. The highest BCUT2D eigenvalue weighted by Gasteiger charge is 2.46. The Morgan fingerprint density at radius 2 is 1.95 bits per heavy atom. The monoisotopic (exact) mass is 510 g/mol. The lowest BCUT2D eigenvalue weighted by atomic mass is 9.84. The van der Waals surface area contributed by atoms with E-state index in [0.717, 1.165) is 41.2 Å². The van der Waals surface area contributed by atoms with Crippen LogP contribution in [0, 0.1) is 5.92 Å². The van der Waals surface area contributed by atoms with E-state index in [1.807, 2.05) is 42.5 Å². The zero-order valence-electron chi connectivity index (χ0n) is 21.0. The van der Waals surface area contributed by atoms with Gasteiger partial charge in [-0.05, 0) is 43.5 Å². The number of hydrogen-bond donors (Lipinski definition) is 3. The van der Waals surface area contributed by atoms with E-state index in [-0.39, 0.29) is 48.9 Å². The van der Waals surface area contributed by atoms with Gasteiger partial charge in [0.2, 0.25) is 11.8 Å². The lowest BCUT2D eigenvalue weighted by Crippen LogP contribution is -2.47. The summed E-state index contributed by atoms with van der Waals surface area (Å²) in [7, 11) is 1.60. The predicted molar refractivity (Wildman–Crippen MR) is 136 cm³/mol. The molecule has 198 valence electrons. The maximum atomic E-state index is 12.8. The molecule has 2 aromatic rings. The third-order valence-corrected chi connectivity index (χ3v) is 7.44. The van der Waals surface area contributed by atoms with Crippen LogP contribution in [0.4, 0.5) is 5.69 Å². The molecule has 0 radical (unpaired) electrons. The van der Waals surface area contributed by atoms with Crippen LogP contribution in [0.1, 0.15) is 42.7 Å². The van der Waals surface area contributed by atoms with E-state index in [1.165, 1.54) is 0 Å². The summed E-state index contributed by atoms with van der Waals surface area (Å²) in [6.45, 7) is 1.36. The van der Waals surface area contributed by atoms with Crippen LogP contribution in [0.3, 0.4) is 0 Å². The van der Waals surface area contributed by atoms with E-state index >= 15 is 0 Å². The van der Waals surface area contributed by atoms with E-state index in [1.54, 1.807) is 7.11 Å². The molecule has 3 aliphatic heterocycles. The number of hydrogen-bond acceptors (Lipinski definition) is 7. The number of anilines is 1. The number of para-hydroxylation sites is 1. The molecule has 37 heavy (non-hydrogen) atoms. The molecule has 2 aromatic carbocycles. The summed E-state index contributed by atoms with van der Waals surface area (Å²) < 4.78 is 22.9. The molecule has 4 atom stereocenters. The van der Waals surface area contributed by atoms with Crippen molar-refractivity contribution in [3.05, 3.63) is 53.6 Å². The predicted octanol–water partition coefficient (Wildman–Crippen LogP) is 2.76. The Morgan fingerprint density at radius 1 is 1.14 bits per heavy atom. The van der Waals surface area contributed by atoms with Gasteiger partial charge in [-0.15, -0.1) is 0 Å². The number of ether oxygens (including phenoxy) is 4. The van der Waals surface area contributed by atoms with Crippen molar-refractivity contribution in [1.82, 2.24) is 5.32 Å². The van der Waals surface area contributed by atoms with Crippen molar-refractivity contribution in [3.8, 4) is 11.5 Å². The van der Waals surface area contributed by atoms with E-state index in [2.05, 4.69) is 10.6 Å². The molecule has 2 saturated heterocycles. The highest BCUT2D eigenvalue weighted by atomic mass is 16.6. The minimum Gasteiger partial charge on any atom is -0.496 e. The van der Waals surface area contributed by atoms with Crippen molar-refractivity contribution in [2.75, 3.05) is 32.2 Å². The van der Waals surface area contributed by atoms with Gasteiger partial charge in [0.25, 0.3) is 0 Å². The van der Waals surface area contributed by atoms with Crippen molar-refractivity contribution in [2.24, 2.45) is 5.92 Å². The van der Waals surface area contributed by atoms with Crippen molar-refractivity contribution >= 4 is 17.5 Å². The standard InChI is InChI=1S/C28H34N2O7/c1-34-23-5-3-2-4-18(23)15-29-26(32)14-20-13-22-21-12-19(30-28(33)17-8-10-35-11-9-17)6-7-24(21)37-27(22)25(16-31)36-20/h2-7,12,17,20,22,25,27,31H,8-11,13-16H2,1H3,(H,29,32)(H,30,33)/t20-,22+,25+,27-/m1/s1. The fraction of sp³-hybridized carbons (Fsp3) is 0.500. The minimum absolute atomic E-state index is 0.00326.